The number of benzene rings is 1. The van der Waals surface area contributed by atoms with E-state index in [2.05, 4.69) is 5.32 Å². The standard InChI is InChI=1S/C17H22N2O3/c1-2-22-15-8-5-14(6-9-15)7-10-16(20)18-13-17(21)19-11-3-4-12-19/h5-10H,2-4,11-13H2,1H3,(H,18,20)/b10-7+. The summed E-state index contributed by atoms with van der Waals surface area (Å²) < 4.78 is 5.35. The highest BCUT2D eigenvalue weighted by molar-refractivity contribution is 5.94. The van der Waals surface area contributed by atoms with E-state index in [0.717, 1.165) is 37.2 Å². The summed E-state index contributed by atoms with van der Waals surface area (Å²) in [6, 6.07) is 7.48. The lowest BCUT2D eigenvalue weighted by Crippen LogP contribution is -2.38. The van der Waals surface area contributed by atoms with Gasteiger partial charge in [0.05, 0.1) is 13.2 Å². The molecular weight excluding hydrogens is 280 g/mol. The molecule has 0 atom stereocenters. The molecule has 1 heterocycles. The molecule has 2 rings (SSSR count). The molecule has 0 aliphatic carbocycles. The van der Waals surface area contributed by atoms with Crippen LogP contribution in [0.25, 0.3) is 6.08 Å². The number of amides is 2. The molecule has 2 amide bonds. The number of carbonyl (C=O) groups excluding carboxylic acids is 2. The highest BCUT2D eigenvalue weighted by atomic mass is 16.5. The Bertz CT molecular complexity index is 531. The molecule has 1 aliphatic heterocycles. The van der Waals surface area contributed by atoms with E-state index < -0.39 is 0 Å². The first-order chi connectivity index (χ1) is 10.7. The predicted octanol–water partition coefficient (Wildman–Crippen LogP) is 1.84. The lowest BCUT2D eigenvalue weighted by Gasteiger charge is -2.14. The molecule has 1 N–H and O–H groups in total. The van der Waals surface area contributed by atoms with E-state index in [0.29, 0.717) is 6.61 Å². The SMILES string of the molecule is CCOc1ccc(/C=C/C(=O)NCC(=O)N2CCCC2)cc1. The van der Waals surface area contributed by atoms with Gasteiger partial charge in [0.1, 0.15) is 5.75 Å². The minimum absolute atomic E-state index is 0.0136. The van der Waals surface area contributed by atoms with Crippen molar-refractivity contribution in [2.45, 2.75) is 19.8 Å². The minimum atomic E-state index is -0.263. The Hall–Kier alpha value is -2.30. The summed E-state index contributed by atoms with van der Waals surface area (Å²) in [7, 11) is 0. The van der Waals surface area contributed by atoms with Gasteiger partial charge < -0.3 is 15.0 Å². The summed E-state index contributed by atoms with van der Waals surface area (Å²) in [4.78, 5) is 25.3. The summed E-state index contributed by atoms with van der Waals surface area (Å²) in [6.45, 7) is 4.23. The van der Waals surface area contributed by atoms with Crippen LogP contribution >= 0.6 is 0 Å². The summed E-state index contributed by atoms with van der Waals surface area (Å²) in [5, 5.41) is 2.62. The number of carbonyl (C=O) groups is 2. The maximum Gasteiger partial charge on any atom is 0.244 e. The van der Waals surface area contributed by atoms with Gasteiger partial charge >= 0.3 is 0 Å². The van der Waals surface area contributed by atoms with E-state index in [4.69, 9.17) is 4.74 Å². The largest absolute Gasteiger partial charge is 0.494 e. The number of likely N-dealkylation sites (tertiary alicyclic amines) is 1. The molecule has 22 heavy (non-hydrogen) atoms. The number of rotatable bonds is 6. The zero-order chi connectivity index (χ0) is 15.8. The topological polar surface area (TPSA) is 58.6 Å². The van der Waals surface area contributed by atoms with E-state index in [1.807, 2.05) is 31.2 Å². The number of nitrogens with one attached hydrogen (secondary N) is 1. The van der Waals surface area contributed by atoms with Gasteiger partial charge in [-0.1, -0.05) is 12.1 Å². The van der Waals surface area contributed by atoms with Crippen molar-refractivity contribution < 1.29 is 14.3 Å². The van der Waals surface area contributed by atoms with Crippen LogP contribution in [0.15, 0.2) is 30.3 Å². The van der Waals surface area contributed by atoms with Gasteiger partial charge in [-0.25, -0.2) is 0 Å². The van der Waals surface area contributed by atoms with Gasteiger partial charge in [-0.15, -0.1) is 0 Å². The van der Waals surface area contributed by atoms with Crippen LogP contribution in [-0.4, -0.2) is 43.0 Å². The quantitative estimate of drug-likeness (QED) is 0.816. The number of ether oxygens (including phenoxy) is 1. The van der Waals surface area contributed by atoms with Crippen LogP contribution in [0.4, 0.5) is 0 Å². The monoisotopic (exact) mass is 302 g/mol. The van der Waals surface area contributed by atoms with E-state index in [-0.39, 0.29) is 18.4 Å². The van der Waals surface area contributed by atoms with Crippen LogP contribution in [-0.2, 0) is 9.59 Å². The highest BCUT2D eigenvalue weighted by Gasteiger charge is 2.17. The second kappa shape index (κ2) is 8.22. The molecule has 0 spiro atoms. The third-order valence-corrected chi connectivity index (χ3v) is 3.49. The highest BCUT2D eigenvalue weighted by Crippen LogP contribution is 2.13. The van der Waals surface area contributed by atoms with E-state index >= 15 is 0 Å². The van der Waals surface area contributed by atoms with Gasteiger partial charge in [0.2, 0.25) is 11.8 Å². The van der Waals surface area contributed by atoms with Crippen molar-refractivity contribution in [1.82, 2.24) is 10.2 Å². The molecule has 118 valence electrons. The second-order valence-electron chi connectivity index (χ2n) is 5.14. The Kier molecular flexibility index (Phi) is 6.01. The number of nitrogens with zero attached hydrogens (tertiary/aromatic N) is 1. The van der Waals surface area contributed by atoms with Crippen molar-refractivity contribution >= 4 is 17.9 Å². The minimum Gasteiger partial charge on any atom is -0.494 e. The Labute approximate surface area is 130 Å². The fourth-order valence-corrected chi connectivity index (χ4v) is 2.31. The Morgan fingerprint density at radius 1 is 1.23 bits per heavy atom. The summed E-state index contributed by atoms with van der Waals surface area (Å²) in [6.07, 6.45) is 5.26. The van der Waals surface area contributed by atoms with Crippen molar-refractivity contribution in [2.24, 2.45) is 0 Å². The Morgan fingerprint density at radius 3 is 2.55 bits per heavy atom. The van der Waals surface area contributed by atoms with Crippen LogP contribution in [0.3, 0.4) is 0 Å². The average Bonchev–Trinajstić information content (AvgIpc) is 3.07. The molecule has 0 saturated carbocycles. The summed E-state index contributed by atoms with van der Waals surface area (Å²) in [5.74, 6) is 0.530. The van der Waals surface area contributed by atoms with E-state index in [1.54, 1.807) is 11.0 Å². The molecule has 0 bridgehead atoms. The van der Waals surface area contributed by atoms with Crippen LogP contribution in [0.1, 0.15) is 25.3 Å². The average molecular weight is 302 g/mol. The second-order valence-corrected chi connectivity index (χ2v) is 5.14. The first-order valence-corrected chi connectivity index (χ1v) is 7.65. The molecule has 0 unspecified atom stereocenters. The van der Waals surface area contributed by atoms with Crippen LogP contribution in [0.2, 0.25) is 0 Å². The first-order valence-electron chi connectivity index (χ1n) is 7.65. The number of hydrogen-bond donors (Lipinski definition) is 1. The van der Waals surface area contributed by atoms with Crippen molar-refractivity contribution in [1.29, 1.82) is 0 Å². The molecule has 1 aliphatic rings. The zero-order valence-corrected chi connectivity index (χ0v) is 12.9. The van der Waals surface area contributed by atoms with Gasteiger partial charge in [-0.2, -0.15) is 0 Å². The predicted molar refractivity (Wildman–Crippen MR) is 85.5 cm³/mol. The molecule has 1 aromatic carbocycles. The molecule has 1 aromatic rings. The molecule has 0 aromatic heterocycles. The fraction of sp³-hybridized carbons (Fsp3) is 0.412. The maximum atomic E-state index is 11.8. The van der Waals surface area contributed by atoms with Crippen molar-refractivity contribution in [3.05, 3.63) is 35.9 Å². The van der Waals surface area contributed by atoms with Gasteiger partial charge in [-0.05, 0) is 43.5 Å². The summed E-state index contributed by atoms with van der Waals surface area (Å²) >= 11 is 0. The lowest BCUT2D eigenvalue weighted by molar-refractivity contribution is -0.131. The van der Waals surface area contributed by atoms with Gasteiger partial charge in [0, 0.05) is 19.2 Å². The molecule has 0 radical (unpaired) electrons. The molecule has 1 saturated heterocycles. The third kappa shape index (κ3) is 4.91. The molecule has 5 nitrogen and oxygen atoms in total. The Balaban J connectivity index is 1.76. The molecular formula is C17H22N2O3. The van der Waals surface area contributed by atoms with E-state index in [1.165, 1.54) is 6.08 Å². The van der Waals surface area contributed by atoms with Gasteiger partial charge in [0.25, 0.3) is 0 Å². The van der Waals surface area contributed by atoms with Gasteiger partial charge in [0.15, 0.2) is 0 Å². The van der Waals surface area contributed by atoms with Crippen molar-refractivity contribution in [3.8, 4) is 5.75 Å². The van der Waals surface area contributed by atoms with E-state index in [9.17, 15) is 9.59 Å². The first kappa shape index (κ1) is 16.1. The van der Waals surface area contributed by atoms with Crippen molar-refractivity contribution in [2.75, 3.05) is 26.2 Å². The number of hydrogen-bond acceptors (Lipinski definition) is 3. The maximum absolute atomic E-state index is 11.8. The van der Waals surface area contributed by atoms with Crippen molar-refractivity contribution in [3.63, 3.8) is 0 Å². The summed E-state index contributed by atoms with van der Waals surface area (Å²) in [5.41, 5.74) is 0.907. The molecule has 1 fully saturated rings. The molecule has 5 heteroatoms. The zero-order valence-electron chi connectivity index (χ0n) is 12.9. The lowest BCUT2D eigenvalue weighted by atomic mass is 10.2. The normalized spacial score (nSPS) is 14.3. The third-order valence-electron chi connectivity index (χ3n) is 3.49. The van der Waals surface area contributed by atoms with Crippen LogP contribution < -0.4 is 10.1 Å². The van der Waals surface area contributed by atoms with Gasteiger partial charge in [-0.3, -0.25) is 9.59 Å². The smallest absolute Gasteiger partial charge is 0.244 e. The Morgan fingerprint density at radius 2 is 1.91 bits per heavy atom. The van der Waals surface area contributed by atoms with Crippen LogP contribution in [0.5, 0.6) is 5.75 Å². The van der Waals surface area contributed by atoms with Crippen LogP contribution in [0, 0.1) is 0 Å². The fourth-order valence-electron chi connectivity index (χ4n) is 2.31.